The zero-order chi connectivity index (χ0) is 12.2. The van der Waals surface area contributed by atoms with E-state index in [1.54, 1.807) is 0 Å². The first-order valence-electron chi connectivity index (χ1n) is 6.77. The number of hydrogen-bond donors (Lipinski definition) is 1. The maximum Gasteiger partial charge on any atom is 0.113 e. The summed E-state index contributed by atoms with van der Waals surface area (Å²) in [5, 5.41) is 3.38. The molecule has 0 amide bonds. The Labute approximate surface area is 108 Å². The summed E-state index contributed by atoms with van der Waals surface area (Å²) in [5.74, 6) is 1.18. The normalized spacial score (nSPS) is 17.3. The summed E-state index contributed by atoms with van der Waals surface area (Å²) in [6.07, 6.45) is 6.30. The molecular formula is C14H20N4. The lowest BCUT2D eigenvalue weighted by Gasteiger charge is -2.26. The molecule has 1 N–H and O–H groups in total. The molecule has 18 heavy (non-hydrogen) atoms. The topological polar surface area (TPSA) is 32.6 Å². The molecule has 1 saturated heterocycles. The SMILES string of the molecule is c1ccn2c(CCCN3CCNCC3)ncc2c1. The highest BCUT2D eigenvalue weighted by Gasteiger charge is 2.09. The van der Waals surface area contributed by atoms with Crippen molar-refractivity contribution in [3.05, 3.63) is 36.4 Å². The van der Waals surface area contributed by atoms with Crippen molar-refractivity contribution in [2.45, 2.75) is 12.8 Å². The number of aromatic nitrogens is 2. The van der Waals surface area contributed by atoms with Gasteiger partial charge >= 0.3 is 0 Å². The molecule has 0 radical (unpaired) electrons. The van der Waals surface area contributed by atoms with E-state index in [0.717, 1.165) is 19.5 Å². The molecule has 2 aromatic heterocycles. The van der Waals surface area contributed by atoms with E-state index in [9.17, 15) is 0 Å². The number of fused-ring (bicyclic) bond motifs is 1. The average molecular weight is 244 g/mol. The summed E-state index contributed by atoms with van der Waals surface area (Å²) in [4.78, 5) is 7.04. The molecule has 4 heteroatoms. The van der Waals surface area contributed by atoms with E-state index in [1.165, 1.54) is 37.4 Å². The van der Waals surface area contributed by atoms with Crippen LogP contribution in [0.1, 0.15) is 12.2 Å². The second-order valence-corrected chi connectivity index (χ2v) is 4.87. The molecule has 1 aliphatic rings. The first-order valence-corrected chi connectivity index (χ1v) is 6.77. The first-order chi connectivity index (χ1) is 8.93. The zero-order valence-corrected chi connectivity index (χ0v) is 10.7. The third-order valence-electron chi connectivity index (χ3n) is 3.60. The minimum atomic E-state index is 1.06. The fourth-order valence-electron chi connectivity index (χ4n) is 2.58. The van der Waals surface area contributed by atoms with Crippen LogP contribution in [0, 0.1) is 0 Å². The fourth-order valence-corrected chi connectivity index (χ4v) is 2.58. The Hall–Kier alpha value is -1.39. The molecule has 96 valence electrons. The van der Waals surface area contributed by atoms with Crippen LogP contribution in [0.25, 0.3) is 5.52 Å². The predicted molar refractivity (Wildman–Crippen MR) is 72.8 cm³/mol. The largest absolute Gasteiger partial charge is 0.314 e. The highest BCUT2D eigenvalue weighted by molar-refractivity contribution is 5.45. The van der Waals surface area contributed by atoms with Crippen molar-refractivity contribution in [1.82, 2.24) is 19.6 Å². The van der Waals surface area contributed by atoms with Crippen LogP contribution in [0.3, 0.4) is 0 Å². The van der Waals surface area contributed by atoms with Crippen molar-refractivity contribution in [3.8, 4) is 0 Å². The van der Waals surface area contributed by atoms with E-state index in [-0.39, 0.29) is 0 Å². The van der Waals surface area contributed by atoms with Crippen LogP contribution < -0.4 is 5.32 Å². The van der Waals surface area contributed by atoms with Gasteiger partial charge in [0.15, 0.2) is 0 Å². The number of pyridine rings is 1. The van der Waals surface area contributed by atoms with Crippen LogP contribution in [-0.2, 0) is 6.42 Å². The minimum absolute atomic E-state index is 1.06. The van der Waals surface area contributed by atoms with E-state index < -0.39 is 0 Å². The van der Waals surface area contributed by atoms with E-state index in [0.29, 0.717) is 0 Å². The molecule has 4 nitrogen and oxygen atoms in total. The van der Waals surface area contributed by atoms with Crippen molar-refractivity contribution >= 4 is 5.52 Å². The van der Waals surface area contributed by atoms with Gasteiger partial charge in [-0.05, 0) is 25.1 Å². The lowest BCUT2D eigenvalue weighted by Crippen LogP contribution is -2.43. The molecule has 0 bridgehead atoms. The Morgan fingerprint density at radius 3 is 3.00 bits per heavy atom. The first kappa shape index (κ1) is 11.7. The molecular weight excluding hydrogens is 224 g/mol. The molecule has 0 spiro atoms. The number of nitrogens with zero attached hydrogens (tertiary/aromatic N) is 3. The monoisotopic (exact) mass is 244 g/mol. The van der Waals surface area contributed by atoms with Gasteiger partial charge in [0.1, 0.15) is 5.82 Å². The Bertz CT molecular complexity index is 499. The third kappa shape index (κ3) is 2.54. The number of nitrogens with one attached hydrogen (secondary N) is 1. The molecule has 0 aliphatic carbocycles. The van der Waals surface area contributed by atoms with Gasteiger partial charge in [-0.15, -0.1) is 0 Å². The van der Waals surface area contributed by atoms with Gasteiger partial charge in [-0.3, -0.25) is 0 Å². The van der Waals surface area contributed by atoms with Crippen LogP contribution in [-0.4, -0.2) is 47.0 Å². The fraction of sp³-hybridized carbons (Fsp3) is 0.500. The van der Waals surface area contributed by atoms with Crippen LogP contribution in [0.15, 0.2) is 30.6 Å². The molecule has 3 rings (SSSR count). The Morgan fingerprint density at radius 1 is 1.22 bits per heavy atom. The third-order valence-corrected chi connectivity index (χ3v) is 3.60. The van der Waals surface area contributed by atoms with Crippen LogP contribution in [0.2, 0.25) is 0 Å². The molecule has 0 saturated carbocycles. The van der Waals surface area contributed by atoms with Gasteiger partial charge in [0, 0.05) is 38.8 Å². The summed E-state index contributed by atoms with van der Waals surface area (Å²) >= 11 is 0. The highest BCUT2D eigenvalue weighted by atomic mass is 15.2. The smallest absolute Gasteiger partial charge is 0.113 e. The standard InChI is InChI=1S/C14H20N4/c1-2-9-18-13(4-1)12-16-14(18)5-3-8-17-10-6-15-7-11-17/h1-2,4,9,12,15H,3,5-8,10-11H2. The van der Waals surface area contributed by atoms with Gasteiger partial charge in [-0.25, -0.2) is 4.98 Å². The second-order valence-electron chi connectivity index (χ2n) is 4.87. The van der Waals surface area contributed by atoms with Crippen molar-refractivity contribution in [2.75, 3.05) is 32.7 Å². The van der Waals surface area contributed by atoms with Crippen molar-refractivity contribution in [3.63, 3.8) is 0 Å². The summed E-state index contributed by atoms with van der Waals surface area (Å²) in [6.45, 7) is 5.81. The van der Waals surface area contributed by atoms with E-state index >= 15 is 0 Å². The van der Waals surface area contributed by atoms with Gasteiger partial charge in [0.2, 0.25) is 0 Å². The van der Waals surface area contributed by atoms with Crippen molar-refractivity contribution in [1.29, 1.82) is 0 Å². The molecule has 1 fully saturated rings. The number of piperazine rings is 1. The van der Waals surface area contributed by atoms with Crippen LogP contribution >= 0.6 is 0 Å². The summed E-state index contributed by atoms with van der Waals surface area (Å²) in [7, 11) is 0. The maximum absolute atomic E-state index is 4.51. The summed E-state index contributed by atoms with van der Waals surface area (Å²) in [6, 6.07) is 6.23. The van der Waals surface area contributed by atoms with E-state index in [2.05, 4.69) is 44.0 Å². The Kier molecular flexibility index (Phi) is 3.57. The van der Waals surface area contributed by atoms with E-state index in [4.69, 9.17) is 0 Å². The molecule has 0 aromatic carbocycles. The van der Waals surface area contributed by atoms with Gasteiger partial charge < -0.3 is 14.6 Å². The Morgan fingerprint density at radius 2 is 2.11 bits per heavy atom. The predicted octanol–water partition coefficient (Wildman–Crippen LogP) is 1.17. The van der Waals surface area contributed by atoms with Crippen LogP contribution in [0.4, 0.5) is 0 Å². The zero-order valence-electron chi connectivity index (χ0n) is 10.7. The molecule has 3 heterocycles. The van der Waals surface area contributed by atoms with Gasteiger partial charge in [-0.1, -0.05) is 6.07 Å². The minimum Gasteiger partial charge on any atom is -0.314 e. The maximum atomic E-state index is 4.51. The summed E-state index contributed by atoms with van der Waals surface area (Å²) in [5.41, 5.74) is 1.19. The quantitative estimate of drug-likeness (QED) is 0.876. The number of hydrogen-bond acceptors (Lipinski definition) is 3. The number of aryl methyl sites for hydroxylation is 1. The van der Waals surface area contributed by atoms with Crippen molar-refractivity contribution in [2.24, 2.45) is 0 Å². The van der Waals surface area contributed by atoms with Gasteiger partial charge in [0.25, 0.3) is 0 Å². The van der Waals surface area contributed by atoms with Gasteiger partial charge in [0.05, 0.1) is 11.7 Å². The number of rotatable bonds is 4. The lowest BCUT2D eigenvalue weighted by atomic mass is 10.2. The molecule has 1 aliphatic heterocycles. The van der Waals surface area contributed by atoms with Gasteiger partial charge in [-0.2, -0.15) is 0 Å². The van der Waals surface area contributed by atoms with E-state index in [1.807, 2.05) is 6.20 Å². The van der Waals surface area contributed by atoms with Crippen molar-refractivity contribution < 1.29 is 0 Å². The number of imidazole rings is 1. The highest BCUT2D eigenvalue weighted by Crippen LogP contribution is 2.08. The Balaban J connectivity index is 1.56. The lowest BCUT2D eigenvalue weighted by molar-refractivity contribution is 0.238. The molecule has 2 aromatic rings. The van der Waals surface area contributed by atoms with Crippen LogP contribution in [0.5, 0.6) is 0 Å². The average Bonchev–Trinajstić information content (AvgIpc) is 2.84. The summed E-state index contributed by atoms with van der Waals surface area (Å²) < 4.78 is 2.19. The molecule has 0 unspecified atom stereocenters. The molecule has 0 atom stereocenters. The second kappa shape index (κ2) is 5.50.